The average Bonchev–Trinajstić information content (AvgIpc) is 2.74. The number of ether oxygens (including phenoxy) is 2. The molecule has 0 spiro atoms. The Morgan fingerprint density at radius 1 is 1.53 bits per heavy atom. The Hall–Kier alpha value is -2.17. The number of rotatable bonds is 4. The number of nitrogens with one attached hydrogen (secondary N) is 1. The number of fused-ring (bicyclic) bond motifs is 1. The van der Waals surface area contributed by atoms with Crippen molar-refractivity contribution in [3.63, 3.8) is 0 Å². The molecule has 17 heavy (non-hydrogen) atoms. The van der Waals surface area contributed by atoms with Gasteiger partial charge in [-0.1, -0.05) is 12.1 Å². The summed E-state index contributed by atoms with van der Waals surface area (Å²) in [6.07, 6.45) is 2.33. The maximum absolute atomic E-state index is 10.9. The number of benzene rings is 1. The average molecular weight is 234 g/mol. The van der Waals surface area contributed by atoms with Crippen LogP contribution in [0.25, 0.3) is 0 Å². The molecular weight excluding hydrogens is 220 g/mol. The smallest absolute Gasteiger partial charge is 0.312 e. The van der Waals surface area contributed by atoms with E-state index in [0.717, 1.165) is 5.56 Å². The Morgan fingerprint density at radius 3 is 3.00 bits per heavy atom. The van der Waals surface area contributed by atoms with Gasteiger partial charge < -0.3 is 20.5 Å². The van der Waals surface area contributed by atoms with Crippen molar-refractivity contribution in [2.24, 2.45) is 5.73 Å². The van der Waals surface area contributed by atoms with E-state index < -0.39 is 6.03 Å². The van der Waals surface area contributed by atoms with Crippen LogP contribution < -0.4 is 20.5 Å². The van der Waals surface area contributed by atoms with E-state index in [0.29, 0.717) is 17.9 Å². The molecule has 3 N–H and O–H groups in total. The van der Waals surface area contributed by atoms with Gasteiger partial charge >= 0.3 is 6.03 Å². The molecule has 1 aromatic rings. The van der Waals surface area contributed by atoms with E-state index in [-0.39, 0.29) is 12.8 Å². The standard InChI is InChI=1S/C12H14N2O3/c1-2-3-9(14-12(13)15)8-4-5-10-11(6-8)17-7-16-10/h2,4-6,9H,1,3,7H2,(H3,13,14,15)/t9-/m1/s1. The van der Waals surface area contributed by atoms with Crippen molar-refractivity contribution in [2.75, 3.05) is 6.79 Å². The van der Waals surface area contributed by atoms with Gasteiger partial charge in [0.25, 0.3) is 0 Å². The number of urea groups is 1. The van der Waals surface area contributed by atoms with E-state index in [9.17, 15) is 4.79 Å². The number of primary amides is 1. The highest BCUT2D eigenvalue weighted by Gasteiger charge is 2.17. The van der Waals surface area contributed by atoms with Gasteiger partial charge in [-0.25, -0.2) is 4.79 Å². The van der Waals surface area contributed by atoms with Crippen molar-refractivity contribution in [1.82, 2.24) is 5.32 Å². The summed E-state index contributed by atoms with van der Waals surface area (Å²) < 4.78 is 10.5. The molecule has 0 fully saturated rings. The Kier molecular flexibility index (Phi) is 3.18. The lowest BCUT2D eigenvalue weighted by Crippen LogP contribution is -2.32. The highest BCUT2D eigenvalue weighted by atomic mass is 16.7. The highest BCUT2D eigenvalue weighted by molar-refractivity contribution is 5.72. The summed E-state index contributed by atoms with van der Waals surface area (Å²) in [6.45, 7) is 3.89. The zero-order valence-corrected chi connectivity index (χ0v) is 9.31. The van der Waals surface area contributed by atoms with Gasteiger partial charge in [-0.3, -0.25) is 0 Å². The van der Waals surface area contributed by atoms with E-state index in [1.54, 1.807) is 6.08 Å². The number of carbonyl (C=O) groups excluding carboxylic acids is 1. The second kappa shape index (κ2) is 4.78. The van der Waals surface area contributed by atoms with Gasteiger partial charge in [-0.05, 0) is 24.1 Å². The lowest BCUT2D eigenvalue weighted by molar-refractivity contribution is 0.174. The van der Waals surface area contributed by atoms with Crippen LogP contribution in [-0.2, 0) is 0 Å². The van der Waals surface area contributed by atoms with E-state index in [1.807, 2.05) is 18.2 Å². The molecule has 0 saturated carbocycles. The van der Waals surface area contributed by atoms with Crippen molar-refractivity contribution < 1.29 is 14.3 Å². The quantitative estimate of drug-likeness (QED) is 0.779. The van der Waals surface area contributed by atoms with Crippen LogP contribution >= 0.6 is 0 Å². The lowest BCUT2D eigenvalue weighted by Gasteiger charge is -2.16. The Morgan fingerprint density at radius 2 is 2.29 bits per heavy atom. The molecule has 1 atom stereocenters. The first kappa shape index (κ1) is 11.3. The van der Waals surface area contributed by atoms with Crippen LogP contribution in [0.2, 0.25) is 0 Å². The van der Waals surface area contributed by atoms with E-state index in [2.05, 4.69) is 11.9 Å². The molecule has 5 nitrogen and oxygen atoms in total. The van der Waals surface area contributed by atoms with Crippen molar-refractivity contribution in [3.8, 4) is 11.5 Å². The largest absolute Gasteiger partial charge is 0.454 e. The van der Waals surface area contributed by atoms with Crippen molar-refractivity contribution in [2.45, 2.75) is 12.5 Å². The fourth-order valence-corrected chi connectivity index (χ4v) is 1.75. The monoisotopic (exact) mass is 234 g/mol. The Labute approximate surface area is 99.2 Å². The molecule has 2 rings (SSSR count). The second-order valence-electron chi connectivity index (χ2n) is 3.70. The van der Waals surface area contributed by atoms with Crippen molar-refractivity contribution in [3.05, 3.63) is 36.4 Å². The maximum Gasteiger partial charge on any atom is 0.312 e. The van der Waals surface area contributed by atoms with E-state index in [4.69, 9.17) is 15.2 Å². The third-order valence-electron chi connectivity index (χ3n) is 2.52. The molecule has 0 aromatic heterocycles. The highest BCUT2D eigenvalue weighted by Crippen LogP contribution is 2.34. The van der Waals surface area contributed by atoms with Crippen LogP contribution in [0.3, 0.4) is 0 Å². The van der Waals surface area contributed by atoms with Crippen molar-refractivity contribution >= 4 is 6.03 Å². The molecule has 2 amide bonds. The molecule has 0 unspecified atom stereocenters. The summed E-state index contributed by atoms with van der Waals surface area (Å²) in [6, 6.07) is 4.77. The molecule has 90 valence electrons. The topological polar surface area (TPSA) is 73.6 Å². The normalized spacial score (nSPS) is 14.1. The van der Waals surface area contributed by atoms with Gasteiger partial charge in [0.15, 0.2) is 11.5 Å². The van der Waals surface area contributed by atoms with Crippen LogP contribution in [-0.4, -0.2) is 12.8 Å². The third kappa shape index (κ3) is 2.50. The summed E-state index contributed by atoms with van der Waals surface area (Å²) >= 11 is 0. The van der Waals surface area contributed by atoms with Gasteiger partial charge in [0, 0.05) is 0 Å². The van der Waals surface area contributed by atoms with Gasteiger partial charge in [-0.15, -0.1) is 6.58 Å². The third-order valence-corrected chi connectivity index (χ3v) is 2.52. The zero-order valence-electron chi connectivity index (χ0n) is 9.31. The number of nitrogens with two attached hydrogens (primary N) is 1. The minimum atomic E-state index is -0.561. The minimum absolute atomic E-state index is 0.195. The molecule has 5 heteroatoms. The van der Waals surface area contributed by atoms with Gasteiger partial charge in [-0.2, -0.15) is 0 Å². The number of hydrogen-bond acceptors (Lipinski definition) is 3. The first-order chi connectivity index (χ1) is 8.20. The molecule has 1 aliphatic heterocycles. The molecule has 0 radical (unpaired) electrons. The fourth-order valence-electron chi connectivity index (χ4n) is 1.75. The molecule has 0 aliphatic carbocycles. The van der Waals surface area contributed by atoms with Crippen LogP contribution in [0, 0.1) is 0 Å². The van der Waals surface area contributed by atoms with Crippen molar-refractivity contribution in [1.29, 1.82) is 0 Å². The lowest BCUT2D eigenvalue weighted by atomic mass is 10.0. The Balaban J connectivity index is 2.23. The number of amides is 2. The Bertz CT molecular complexity index is 445. The van der Waals surface area contributed by atoms with Gasteiger partial charge in [0.05, 0.1) is 6.04 Å². The zero-order chi connectivity index (χ0) is 12.3. The number of hydrogen-bond donors (Lipinski definition) is 2. The van der Waals surface area contributed by atoms with Crippen LogP contribution in [0.1, 0.15) is 18.0 Å². The van der Waals surface area contributed by atoms with Crippen LogP contribution in [0.15, 0.2) is 30.9 Å². The van der Waals surface area contributed by atoms with Gasteiger partial charge in [0.2, 0.25) is 6.79 Å². The van der Waals surface area contributed by atoms with Crippen LogP contribution in [0.5, 0.6) is 11.5 Å². The molecule has 0 saturated heterocycles. The van der Waals surface area contributed by atoms with Gasteiger partial charge in [0.1, 0.15) is 0 Å². The maximum atomic E-state index is 10.9. The molecule has 1 aromatic carbocycles. The number of carbonyl (C=O) groups is 1. The fraction of sp³-hybridized carbons (Fsp3) is 0.250. The summed E-state index contributed by atoms with van der Waals surface area (Å²) in [5.74, 6) is 1.40. The summed E-state index contributed by atoms with van der Waals surface area (Å²) in [4.78, 5) is 10.9. The predicted molar refractivity (Wildman–Crippen MR) is 62.8 cm³/mol. The first-order valence-corrected chi connectivity index (χ1v) is 5.27. The van der Waals surface area contributed by atoms with Crippen LogP contribution in [0.4, 0.5) is 4.79 Å². The first-order valence-electron chi connectivity index (χ1n) is 5.27. The molecule has 1 heterocycles. The minimum Gasteiger partial charge on any atom is -0.454 e. The summed E-state index contributed by atoms with van der Waals surface area (Å²) in [5, 5.41) is 2.66. The summed E-state index contributed by atoms with van der Waals surface area (Å²) in [5.41, 5.74) is 6.04. The van der Waals surface area contributed by atoms with E-state index >= 15 is 0 Å². The van der Waals surface area contributed by atoms with E-state index in [1.165, 1.54) is 0 Å². The SMILES string of the molecule is C=CC[C@@H](NC(N)=O)c1ccc2c(c1)OCO2. The summed E-state index contributed by atoms with van der Waals surface area (Å²) in [7, 11) is 0. The second-order valence-corrected chi connectivity index (χ2v) is 3.70. The molecular formula is C12H14N2O3. The molecule has 0 bridgehead atoms. The molecule has 1 aliphatic rings. The predicted octanol–water partition coefficient (Wildman–Crippen LogP) is 1.70.